The quantitative estimate of drug-likeness (QED) is 0.905. The lowest BCUT2D eigenvalue weighted by atomic mass is 10.0. The summed E-state index contributed by atoms with van der Waals surface area (Å²) in [7, 11) is 0. The molecule has 1 atom stereocenters. The van der Waals surface area contributed by atoms with E-state index in [4.69, 9.17) is 0 Å². The van der Waals surface area contributed by atoms with Crippen molar-refractivity contribution in [3.8, 4) is 0 Å². The van der Waals surface area contributed by atoms with Crippen LogP contribution in [-0.2, 0) is 4.79 Å². The Balaban J connectivity index is 1.67. The number of anilines is 1. The van der Waals surface area contributed by atoms with E-state index in [1.54, 1.807) is 0 Å². The summed E-state index contributed by atoms with van der Waals surface area (Å²) >= 11 is 0. The topological polar surface area (TPSA) is 32.3 Å². The molecule has 1 aliphatic rings. The van der Waals surface area contributed by atoms with Crippen molar-refractivity contribution in [1.29, 1.82) is 0 Å². The van der Waals surface area contributed by atoms with E-state index < -0.39 is 0 Å². The predicted octanol–water partition coefficient (Wildman–Crippen LogP) is 4.39. The first-order valence-corrected chi connectivity index (χ1v) is 8.70. The SMILES string of the molecule is Cc1cccc(C2CCCN2CC(=O)Nc2ccc(C)cc2C)c1. The standard InChI is InChI=1S/C21H26N2O/c1-15-6-4-7-18(13-15)20-8-5-11-23(20)14-21(24)22-19-10-9-16(2)12-17(19)3/h4,6-7,9-10,12-13,20H,5,8,11,14H2,1-3H3,(H,22,24). The zero-order valence-electron chi connectivity index (χ0n) is 14.8. The third-order valence-corrected chi connectivity index (χ3v) is 4.79. The fraction of sp³-hybridized carbons (Fsp3) is 0.381. The minimum Gasteiger partial charge on any atom is -0.325 e. The van der Waals surface area contributed by atoms with Crippen LogP contribution in [0.25, 0.3) is 0 Å². The Morgan fingerprint density at radius 1 is 1.12 bits per heavy atom. The van der Waals surface area contributed by atoms with Crippen LogP contribution in [0.5, 0.6) is 0 Å². The molecule has 0 aromatic heterocycles. The van der Waals surface area contributed by atoms with Crippen molar-refractivity contribution >= 4 is 11.6 Å². The minimum absolute atomic E-state index is 0.0708. The molecule has 1 aliphatic heterocycles. The highest BCUT2D eigenvalue weighted by Gasteiger charge is 2.27. The predicted molar refractivity (Wildman–Crippen MR) is 99.3 cm³/mol. The van der Waals surface area contributed by atoms with E-state index >= 15 is 0 Å². The van der Waals surface area contributed by atoms with Crippen molar-refractivity contribution in [2.24, 2.45) is 0 Å². The monoisotopic (exact) mass is 322 g/mol. The lowest BCUT2D eigenvalue weighted by molar-refractivity contribution is -0.117. The molecule has 1 heterocycles. The number of carbonyl (C=O) groups is 1. The molecule has 0 spiro atoms. The second-order valence-corrected chi connectivity index (χ2v) is 6.91. The van der Waals surface area contributed by atoms with Crippen LogP contribution < -0.4 is 5.32 Å². The van der Waals surface area contributed by atoms with Gasteiger partial charge in [-0.15, -0.1) is 0 Å². The zero-order chi connectivity index (χ0) is 17.1. The molecule has 3 heteroatoms. The summed E-state index contributed by atoms with van der Waals surface area (Å²) in [6.07, 6.45) is 2.27. The fourth-order valence-electron chi connectivity index (χ4n) is 3.60. The Hall–Kier alpha value is -2.13. The van der Waals surface area contributed by atoms with Crippen LogP contribution in [-0.4, -0.2) is 23.9 Å². The molecule has 1 saturated heterocycles. The molecule has 0 radical (unpaired) electrons. The lowest BCUT2D eigenvalue weighted by Crippen LogP contribution is -2.33. The summed E-state index contributed by atoms with van der Waals surface area (Å²) < 4.78 is 0. The number of rotatable bonds is 4. The molecule has 3 nitrogen and oxygen atoms in total. The highest BCUT2D eigenvalue weighted by atomic mass is 16.2. The number of benzene rings is 2. The van der Waals surface area contributed by atoms with Crippen LogP contribution in [0.4, 0.5) is 5.69 Å². The van der Waals surface area contributed by atoms with Crippen LogP contribution in [0.2, 0.25) is 0 Å². The second kappa shape index (κ2) is 7.18. The van der Waals surface area contributed by atoms with Crippen LogP contribution >= 0.6 is 0 Å². The van der Waals surface area contributed by atoms with Gasteiger partial charge in [0.25, 0.3) is 0 Å². The van der Waals surface area contributed by atoms with Gasteiger partial charge in [0.05, 0.1) is 6.54 Å². The number of nitrogens with one attached hydrogen (secondary N) is 1. The Labute approximate surface area is 144 Å². The maximum Gasteiger partial charge on any atom is 0.238 e. The zero-order valence-corrected chi connectivity index (χ0v) is 14.8. The molecule has 0 aliphatic carbocycles. The molecule has 1 amide bonds. The number of hydrogen-bond donors (Lipinski definition) is 1. The van der Waals surface area contributed by atoms with Gasteiger partial charge in [0.1, 0.15) is 0 Å². The smallest absolute Gasteiger partial charge is 0.238 e. The first-order chi connectivity index (χ1) is 11.5. The van der Waals surface area contributed by atoms with Gasteiger partial charge in [0.15, 0.2) is 0 Å². The maximum atomic E-state index is 12.5. The summed E-state index contributed by atoms with van der Waals surface area (Å²) in [5.41, 5.74) is 5.84. The minimum atomic E-state index is 0.0708. The van der Waals surface area contributed by atoms with Crippen molar-refractivity contribution in [2.75, 3.05) is 18.4 Å². The van der Waals surface area contributed by atoms with Gasteiger partial charge < -0.3 is 5.32 Å². The van der Waals surface area contributed by atoms with E-state index in [0.717, 1.165) is 30.6 Å². The summed E-state index contributed by atoms with van der Waals surface area (Å²) in [6.45, 7) is 7.66. The number of hydrogen-bond acceptors (Lipinski definition) is 2. The first-order valence-electron chi connectivity index (χ1n) is 8.70. The molecule has 2 aromatic rings. The third-order valence-electron chi connectivity index (χ3n) is 4.79. The normalized spacial score (nSPS) is 17.9. The molecule has 2 aromatic carbocycles. The van der Waals surface area contributed by atoms with Gasteiger partial charge in [-0.1, -0.05) is 47.5 Å². The Kier molecular flexibility index (Phi) is 5.00. The van der Waals surface area contributed by atoms with Crippen molar-refractivity contribution in [1.82, 2.24) is 4.90 Å². The molecule has 24 heavy (non-hydrogen) atoms. The second-order valence-electron chi connectivity index (χ2n) is 6.91. The number of nitrogens with zero attached hydrogens (tertiary/aromatic N) is 1. The fourth-order valence-corrected chi connectivity index (χ4v) is 3.60. The van der Waals surface area contributed by atoms with E-state index in [1.807, 2.05) is 19.1 Å². The highest BCUT2D eigenvalue weighted by Crippen LogP contribution is 2.32. The maximum absolute atomic E-state index is 12.5. The molecule has 1 N–H and O–H groups in total. The summed E-state index contributed by atoms with van der Waals surface area (Å²) in [5.74, 6) is 0.0708. The van der Waals surface area contributed by atoms with Gasteiger partial charge >= 0.3 is 0 Å². The summed E-state index contributed by atoms with van der Waals surface area (Å²) in [5, 5.41) is 3.07. The molecular weight excluding hydrogens is 296 g/mol. The highest BCUT2D eigenvalue weighted by molar-refractivity contribution is 5.93. The molecular formula is C21H26N2O. The largest absolute Gasteiger partial charge is 0.325 e. The number of aryl methyl sites for hydroxylation is 3. The van der Waals surface area contributed by atoms with Crippen LogP contribution in [0, 0.1) is 20.8 Å². The average Bonchev–Trinajstić information content (AvgIpc) is 2.98. The van der Waals surface area contributed by atoms with Gasteiger partial charge in [-0.2, -0.15) is 0 Å². The third kappa shape index (κ3) is 3.85. The van der Waals surface area contributed by atoms with Crippen molar-refractivity contribution < 1.29 is 4.79 Å². The van der Waals surface area contributed by atoms with Crippen LogP contribution in [0.1, 0.15) is 41.1 Å². The number of amides is 1. The van der Waals surface area contributed by atoms with Crippen molar-refractivity contribution in [2.45, 2.75) is 39.7 Å². The number of carbonyl (C=O) groups excluding carboxylic acids is 1. The van der Waals surface area contributed by atoms with E-state index in [-0.39, 0.29) is 5.91 Å². The van der Waals surface area contributed by atoms with Gasteiger partial charge in [0.2, 0.25) is 5.91 Å². The molecule has 3 rings (SSSR count). The van der Waals surface area contributed by atoms with E-state index in [1.165, 1.54) is 16.7 Å². The van der Waals surface area contributed by atoms with Crippen molar-refractivity contribution in [3.05, 3.63) is 64.7 Å². The van der Waals surface area contributed by atoms with E-state index in [9.17, 15) is 4.79 Å². The van der Waals surface area contributed by atoms with Crippen LogP contribution in [0.15, 0.2) is 42.5 Å². The molecule has 1 fully saturated rings. The van der Waals surface area contributed by atoms with Gasteiger partial charge in [-0.3, -0.25) is 9.69 Å². The number of likely N-dealkylation sites (tertiary alicyclic amines) is 1. The van der Waals surface area contributed by atoms with Crippen molar-refractivity contribution in [3.63, 3.8) is 0 Å². The average molecular weight is 322 g/mol. The Morgan fingerprint density at radius 2 is 1.92 bits per heavy atom. The first kappa shape index (κ1) is 16.7. The molecule has 1 unspecified atom stereocenters. The molecule has 0 bridgehead atoms. The van der Waals surface area contributed by atoms with E-state index in [0.29, 0.717) is 12.6 Å². The molecule has 0 saturated carbocycles. The summed E-state index contributed by atoms with van der Waals surface area (Å²) in [6, 6.07) is 15.1. The Bertz CT molecular complexity index is 738. The van der Waals surface area contributed by atoms with Gasteiger partial charge in [0, 0.05) is 11.7 Å². The molecule has 126 valence electrons. The summed E-state index contributed by atoms with van der Waals surface area (Å²) in [4.78, 5) is 14.8. The Morgan fingerprint density at radius 3 is 2.67 bits per heavy atom. The van der Waals surface area contributed by atoms with Crippen LogP contribution in [0.3, 0.4) is 0 Å². The van der Waals surface area contributed by atoms with Gasteiger partial charge in [-0.05, 0) is 57.4 Å². The lowest BCUT2D eigenvalue weighted by Gasteiger charge is -2.24. The van der Waals surface area contributed by atoms with E-state index in [2.05, 4.69) is 54.4 Å². The van der Waals surface area contributed by atoms with Gasteiger partial charge in [-0.25, -0.2) is 0 Å².